The third kappa shape index (κ3) is 1.69. The Balaban J connectivity index is 2.65. The van der Waals surface area contributed by atoms with E-state index in [0.717, 1.165) is 6.20 Å². The zero-order chi connectivity index (χ0) is 11.1. The molecule has 2 aliphatic rings. The van der Waals surface area contributed by atoms with Gasteiger partial charge in [-0.05, 0) is 6.08 Å². The first-order valence-corrected chi connectivity index (χ1v) is 5.80. The molecule has 1 atom stereocenters. The van der Waals surface area contributed by atoms with Crippen LogP contribution in [0.1, 0.15) is 0 Å². The van der Waals surface area contributed by atoms with Crippen LogP contribution in [0.2, 0.25) is 0 Å². The molecule has 78 valence electrons. The molecule has 0 aromatic carbocycles. The Kier molecular flexibility index (Phi) is 2.17. The van der Waals surface area contributed by atoms with E-state index < -0.39 is 16.1 Å². The lowest BCUT2D eigenvalue weighted by Gasteiger charge is -2.14. The third-order valence-electron chi connectivity index (χ3n) is 2.24. The summed E-state index contributed by atoms with van der Waals surface area (Å²) in [6.07, 6.45) is 8.95. The fourth-order valence-corrected chi connectivity index (χ4v) is 2.34. The molecule has 0 bridgehead atoms. The van der Waals surface area contributed by atoms with Crippen molar-refractivity contribution in [3.63, 3.8) is 0 Å². The van der Waals surface area contributed by atoms with Crippen molar-refractivity contribution in [3.05, 3.63) is 52.0 Å². The summed E-state index contributed by atoms with van der Waals surface area (Å²) in [5.41, 5.74) is 0.414. The number of primary sulfonamides is 1. The summed E-state index contributed by atoms with van der Waals surface area (Å²) in [6.45, 7) is 0. The van der Waals surface area contributed by atoms with E-state index in [2.05, 4.69) is 0 Å². The maximum absolute atomic E-state index is 11.4. The van der Waals surface area contributed by atoms with Gasteiger partial charge in [0.1, 0.15) is 0 Å². The van der Waals surface area contributed by atoms with Crippen LogP contribution in [0, 0.1) is 4.91 Å². The third-order valence-corrected chi connectivity index (χ3v) is 3.22. The fraction of sp³-hybridized carbons (Fsp3) is 0.111. The Labute approximate surface area is 86.9 Å². The summed E-state index contributed by atoms with van der Waals surface area (Å²) in [5, 5.41) is 5.05. The maximum Gasteiger partial charge on any atom is 0.252 e. The van der Waals surface area contributed by atoms with Crippen LogP contribution in [0.5, 0.6) is 0 Å². The number of hydrogen-bond acceptors (Lipinski definition) is 3. The molecule has 1 heterocycles. The van der Waals surface area contributed by atoms with Gasteiger partial charge in [-0.25, -0.2) is 13.6 Å². The van der Waals surface area contributed by atoms with Gasteiger partial charge in [-0.3, -0.25) is 0 Å². The van der Waals surface area contributed by atoms with Crippen LogP contribution in [-0.2, 0) is 10.0 Å². The van der Waals surface area contributed by atoms with Crippen molar-refractivity contribution < 1.29 is 13.2 Å². The second kappa shape index (κ2) is 3.25. The Morgan fingerprint density at radius 1 is 1.27 bits per heavy atom. The van der Waals surface area contributed by atoms with Crippen molar-refractivity contribution >= 4 is 10.0 Å². The molecule has 5 nitrogen and oxygen atoms in total. The average molecular weight is 225 g/mol. The first kappa shape index (κ1) is 10.0. The smallest absolute Gasteiger partial charge is 0.225 e. The Bertz CT molecular complexity index is 538. The van der Waals surface area contributed by atoms with Gasteiger partial charge in [0, 0.05) is 21.3 Å². The van der Waals surface area contributed by atoms with Gasteiger partial charge in [-0.15, -0.1) is 0 Å². The molecule has 15 heavy (non-hydrogen) atoms. The molecule has 1 aliphatic carbocycles. The molecule has 2 N–H and O–H groups in total. The molecule has 1 unspecified atom stereocenters. The predicted molar refractivity (Wildman–Crippen MR) is 55.0 cm³/mol. The number of rotatable bonds is 1. The van der Waals surface area contributed by atoms with Gasteiger partial charge in [0.2, 0.25) is 16.2 Å². The van der Waals surface area contributed by atoms with Gasteiger partial charge in [-0.2, -0.15) is 0 Å². The van der Waals surface area contributed by atoms with Gasteiger partial charge >= 0.3 is 0 Å². The quantitative estimate of drug-likeness (QED) is 0.653. The van der Waals surface area contributed by atoms with Gasteiger partial charge in [0.15, 0.2) is 0 Å². The minimum Gasteiger partial charge on any atom is -0.225 e. The van der Waals surface area contributed by atoms with Gasteiger partial charge < -0.3 is 0 Å². The van der Waals surface area contributed by atoms with E-state index in [0.29, 0.717) is 10.3 Å². The normalized spacial score (nSPS) is 24.6. The first-order valence-electron chi connectivity index (χ1n) is 4.25. The molecular formula is C9H9N2O3S+. The molecular weight excluding hydrogens is 216 g/mol. The van der Waals surface area contributed by atoms with Crippen LogP contribution in [0.3, 0.4) is 0 Å². The van der Waals surface area contributed by atoms with Gasteiger partial charge in [-0.1, -0.05) is 18.2 Å². The van der Waals surface area contributed by atoms with Crippen molar-refractivity contribution in [2.75, 3.05) is 0 Å². The standard InChI is InChI=1S/C9H9N2O3S/c10-15(13,14)9-5-6-11(12)8-4-2-1-3-7(8)9/h1-6,8H,(H2,10,13,14)/q+1. The van der Waals surface area contributed by atoms with Gasteiger partial charge in [0.25, 0.3) is 6.04 Å². The highest BCUT2D eigenvalue weighted by Gasteiger charge is 2.34. The average Bonchev–Trinajstić information content (AvgIpc) is 2.17. The number of sulfonamides is 1. The van der Waals surface area contributed by atoms with Crippen molar-refractivity contribution in [1.82, 2.24) is 0 Å². The van der Waals surface area contributed by atoms with E-state index in [1.165, 1.54) is 6.08 Å². The van der Waals surface area contributed by atoms with Crippen molar-refractivity contribution in [1.29, 1.82) is 0 Å². The van der Waals surface area contributed by atoms with Crippen molar-refractivity contribution in [2.45, 2.75) is 6.04 Å². The zero-order valence-corrected chi connectivity index (χ0v) is 8.52. The number of nitrogens with two attached hydrogens (primary N) is 1. The van der Waals surface area contributed by atoms with E-state index in [4.69, 9.17) is 5.14 Å². The second-order valence-electron chi connectivity index (χ2n) is 3.23. The molecule has 0 amide bonds. The minimum absolute atomic E-state index is 0.000185. The SMILES string of the molecule is NS(=O)(=O)C1=C2C=CC=CC2[N+](=O)C=C1. The Hall–Kier alpha value is -1.53. The lowest BCUT2D eigenvalue weighted by Crippen LogP contribution is -2.28. The Morgan fingerprint density at radius 3 is 2.67 bits per heavy atom. The highest BCUT2D eigenvalue weighted by molar-refractivity contribution is 7.93. The first-order chi connectivity index (χ1) is 7.00. The van der Waals surface area contributed by atoms with E-state index in [-0.39, 0.29) is 4.91 Å². The van der Waals surface area contributed by atoms with Crippen LogP contribution in [0.15, 0.2) is 47.1 Å². The van der Waals surface area contributed by atoms with E-state index in [9.17, 15) is 13.3 Å². The van der Waals surface area contributed by atoms with Crippen LogP contribution < -0.4 is 5.14 Å². The largest absolute Gasteiger partial charge is 0.252 e. The summed E-state index contributed by atoms with van der Waals surface area (Å²) in [5.74, 6) is 0. The van der Waals surface area contributed by atoms with Crippen molar-refractivity contribution in [2.24, 2.45) is 5.14 Å². The fourth-order valence-electron chi connectivity index (χ4n) is 1.57. The molecule has 0 spiro atoms. The number of allylic oxidation sites excluding steroid dienone is 3. The molecule has 0 saturated carbocycles. The number of fused-ring (bicyclic) bond motifs is 1. The van der Waals surface area contributed by atoms with Crippen molar-refractivity contribution in [3.8, 4) is 0 Å². The molecule has 2 rings (SSSR count). The molecule has 0 aromatic heterocycles. The molecule has 0 aromatic rings. The number of nitrogens with zero attached hydrogens (tertiary/aromatic N) is 1. The van der Waals surface area contributed by atoms with Crippen LogP contribution in [0.25, 0.3) is 0 Å². The van der Waals surface area contributed by atoms with Gasteiger partial charge in [0.05, 0.1) is 4.91 Å². The molecule has 0 fully saturated rings. The highest BCUT2D eigenvalue weighted by Crippen LogP contribution is 2.25. The highest BCUT2D eigenvalue weighted by atomic mass is 32.2. The summed E-state index contributed by atoms with van der Waals surface area (Å²) in [6, 6.07) is -0.590. The monoisotopic (exact) mass is 225 g/mol. The second-order valence-corrected chi connectivity index (χ2v) is 4.76. The molecule has 6 heteroatoms. The predicted octanol–water partition coefficient (Wildman–Crippen LogP) is 0.330. The molecule has 1 aliphatic heterocycles. The lowest BCUT2D eigenvalue weighted by atomic mass is 10.00. The summed E-state index contributed by atoms with van der Waals surface area (Å²) in [4.78, 5) is 11.4. The van der Waals surface area contributed by atoms with Crippen LogP contribution >= 0.6 is 0 Å². The topological polar surface area (TPSA) is 80.2 Å². The lowest BCUT2D eigenvalue weighted by molar-refractivity contribution is -0.499. The molecule has 0 saturated heterocycles. The van der Waals surface area contributed by atoms with Crippen LogP contribution in [-0.4, -0.2) is 19.2 Å². The summed E-state index contributed by atoms with van der Waals surface area (Å²) < 4.78 is 23.2. The number of nitroso groups, excluding NO2 is 1. The van der Waals surface area contributed by atoms with Crippen LogP contribution in [0.4, 0.5) is 0 Å². The van der Waals surface area contributed by atoms with E-state index in [1.807, 2.05) is 0 Å². The van der Waals surface area contributed by atoms with E-state index in [1.54, 1.807) is 24.3 Å². The zero-order valence-electron chi connectivity index (χ0n) is 7.70. The molecule has 0 radical (unpaired) electrons. The summed E-state index contributed by atoms with van der Waals surface area (Å²) in [7, 11) is -3.78. The number of hydrogen-bond donors (Lipinski definition) is 1. The minimum atomic E-state index is -3.78. The van der Waals surface area contributed by atoms with E-state index >= 15 is 0 Å². The maximum atomic E-state index is 11.4. The summed E-state index contributed by atoms with van der Waals surface area (Å²) >= 11 is 0. The Morgan fingerprint density at radius 2 is 2.00 bits per heavy atom.